The van der Waals surface area contributed by atoms with Gasteiger partial charge in [0, 0.05) is 33.2 Å². The zero-order chi connectivity index (χ0) is 11.3. The van der Waals surface area contributed by atoms with Crippen LogP contribution in [-0.4, -0.2) is 41.5 Å². The third-order valence-corrected chi connectivity index (χ3v) is 2.40. The van der Waals surface area contributed by atoms with Crippen molar-refractivity contribution < 1.29 is 14.6 Å². The second kappa shape index (κ2) is 5.85. The Balaban J connectivity index is 2.40. The highest BCUT2D eigenvalue weighted by Crippen LogP contribution is 2.08. The van der Waals surface area contributed by atoms with Crippen molar-refractivity contribution in [2.24, 2.45) is 7.05 Å². The molecule has 0 amide bonds. The van der Waals surface area contributed by atoms with Crippen molar-refractivity contribution in [1.29, 1.82) is 0 Å². The van der Waals surface area contributed by atoms with Gasteiger partial charge in [-0.25, -0.2) is 0 Å². The SMILES string of the molecule is COC(OC)C(O)CCc1ccnn1C. The highest BCUT2D eigenvalue weighted by molar-refractivity contribution is 5.00. The third-order valence-electron chi connectivity index (χ3n) is 2.40. The number of hydrogen-bond donors (Lipinski definition) is 1. The van der Waals surface area contributed by atoms with Crippen LogP contribution in [0, 0.1) is 0 Å². The second-order valence-corrected chi connectivity index (χ2v) is 3.39. The van der Waals surface area contributed by atoms with E-state index < -0.39 is 12.4 Å². The van der Waals surface area contributed by atoms with Gasteiger partial charge in [0.2, 0.25) is 0 Å². The Morgan fingerprint density at radius 2 is 2.13 bits per heavy atom. The van der Waals surface area contributed by atoms with E-state index in [1.165, 1.54) is 14.2 Å². The molecule has 1 aromatic rings. The van der Waals surface area contributed by atoms with Crippen molar-refractivity contribution in [3.63, 3.8) is 0 Å². The summed E-state index contributed by atoms with van der Waals surface area (Å²) < 4.78 is 11.7. The van der Waals surface area contributed by atoms with Crippen LogP contribution in [0.25, 0.3) is 0 Å². The van der Waals surface area contributed by atoms with Crippen LogP contribution in [0.2, 0.25) is 0 Å². The zero-order valence-electron chi connectivity index (χ0n) is 9.38. The molecule has 0 spiro atoms. The molecule has 1 atom stereocenters. The molecule has 0 aromatic carbocycles. The number of ether oxygens (including phenoxy) is 2. The lowest BCUT2D eigenvalue weighted by Crippen LogP contribution is -2.30. The number of rotatable bonds is 6. The molecule has 0 aliphatic carbocycles. The van der Waals surface area contributed by atoms with Gasteiger partial charge in [-0.1, -0.05) is 0 Å². The van der Waals surface area contributed by atoms with E-state index in [2.05, 4.69) is 5.10 Å². The van der Waals surface area contributed by atoms with Crippen molar-refractivity contribution in [3.05, 3.63) is 18.0 Å². The first-order valence-electron chi connectivity index (χ1n) is 4.89. The fraction of sp³-hybridized carbons (Fsp3) is 0.700. The van der Waals surface area contributed by atoms with Gasteiger partial charge in [0.1, 0.15) is 6.10 Å². The molecule has 86 valence electrons. The second-order valence-electron chi connectivity index (χ2n) is 3.39. The number of hydrogen-bond acceptors (Lipinski definition) is 4. The largest absolute Gasteiger partial charge is 0.388 e. The van der Waals surface area contributed by atoms with Crippen molar-refractivity contribution in [2.45, 2.75) is 25.2 Å². The van der Waals surface area contributed by atoms with Gasteiger partial charge in [0.15, 0.2) is 6.29 Å². The summed E-state index contributed by atoms with van der Waals surface area (Å²) in [6.07, 6.45) is 1.91. The van der Waals surface area contributed by atoms with Gasteiger partial charge < -0.3 is 14.6 Å². The highest BCUT2D eigenvalue weighted by atomic mass is 16.7. The van der Waals surface area contributed by atoms with E-state index in [4.69, 9.17) is 9.47 Å². The molecule has 0 aliphatic rings. The Labute approximate surface area is 89.6 Å². The molecule has 0 bridgehead atoms. The summed E-state index contributed by atoms with van der Waals surface area (Å²) in [5, 5.41) is 13.8. The van der Waals surface area contributed by atoms with Crippen LogP contribution >= 0.6 is 0 Å². The summed E-state index contributed by atoms with van der Waals surface area (Å²) in [6.45, 7) is 0. The topological polar surface area (TPSA) is 56.5 Å². The van der Waals surface area contributed by atoms with Crippen molar-refractivity contribution in [3.8, 4) is 0 Å². The predicted octanol–water partition coefficient (Wildman–Crippen LogP) is 0.332. The minimum Gasteiger partial charge on any atom is -0.388 e. The average Bonchev–Trinajstić information content (AvgIpc) is 2.63. The van der Waals surface area contributed by atoms with E-state index >= 15 is 0 Å². The number of methoxy groups -OCH3 is 2. The first-order chi connectivity index (χ1) is 7.19. The Kier molecular flexibility index (Phi) is 4.74. The molecule has 0 saturated carbocycles. The Morgan fingerprint density at radius 3 is 2.60 bits per heavy atom. The van der Waals surface area contributed by atoms with Crippen LogP contribution in [0.5, 0.6) is 0 Å². The molecule has 0 saturated heterocycles. The van der Waals surface area contributed by atoms with E-state index in [-0.39, 0.29) is 0 Å². The third kappa shape index (κ3) is 3.30. The van der Waals surface area contributed by atoms with Gasteiger partial charge >= 0.3 is 0 Å². The molecule has 5 nitrogen and oxygen atoms in total. The zero-order valence-corrected chi connectivity index (χ0v) is 9.38. The van der Waals surface area contributed by atoms with Gasteiger partial charge in [0.05, 0.1) is 0 Å². The van der Waals surface area contributed by atoms with Crippen LogP contribution < -0.4 is 0 Å². The van der Waals surface area contributed by atoms with E-state index in [1.807, 2.05) is 13.1 Å². The summed E-state index contributed by atoms with van der Waals surface area (Å²) in [6, 6.07) is 1.93. The van der Waals surface area contributed by atoms with E-state index in [1.54, 1.807) is 10.9 Å². The smallest absolute Gasteiger partial charge is 0.182 e. The number of aliphatic hydroxyl groups excluding tert-OH is 1. The molecule has 1 aromatic heterocycles. The van der Waals surface area contributed by atoms with Gasteiger partial charge in [-0.3, -0.25) is 4.68 Å². The Morgan fingerprint density at radius 1 is 1.47 bits per heavy atom. The predicted molar refractivity (Wildman–Crippen MR) is 55.3 cm³/mol. The van der Waals surface area contributed by atoms with Crippen molar-refractivity contribution in [2.75, 3.05) is 14.2 Å². The fourth-order valence-electron chi connectivity index (χ4n) is 1.49. The molecule has 0 fully saturated rings. The first kappa shape index (κ1) is 12.2. The summed E-state index contributed by atoms with van der Waals surface area (Å²) >= 11 is 0. The van der Waals surface area contributed by atoms with Gasteiger partial charge in [-0.05, 0) is 18.9 Å². The van der Waals surface area contributed by atoms with Crippen LogP contribution in [0.4, 0.5) is 0 Å². The molecule has 0 radical (unpaired) electrons. The molecule has 0 aliphatic heterocycles. The highest BCUT2D eigenvalue weighted by Gasteiger charge is 2.17. The number of nitrogens with zero attached hydrogens (tertiary/aromatic N) is 2. The van der Waals surface area contributed by atoms with E-state index in [0.717, 1.165) is 12.1 Å². The van der Waals surface area contributed by atoms with Crippen molar-refractivity contribution in [1.82, 2.24) is 9.78 Å². The Bertz CT molecular complexity index is 284. The average molecular weight is 214 g/mol. The minimum atomic E-state index is -0.616. The minimum absolute atomic E-state index is 0.557. The summed E-state index contributed by atoms with van der Waals surface area (Å²) in [5.74, 6) is 0. The monoisotopic (exact) mass is 214 g/mol. The van der Waals surface area contributed by atoms with Gasteiger partial charge in [-0.15, -0.1) is 0 Å². The molecule has 1 heterocycles. The van der Waals surface area contributed by atoms with Crippen LogP contribution in [0.15, 0.2) is 12.3 Å². The van der Waals surface area contributed by atoms with Crippen molar-refractivity contribution >= 4 is 0 Å². The van der Waals surface area contributed by atoms with Gasteiger partial charge in [0.25, 0.3) is 0 Å². The van der Waals surface area contributed by atoms with Crippen LogP contribution in [0.3, 0.4) is 0 Å². The Hall–Kier alpha value is -0.910. The molecule has 1 N–H and O–H groups in total. The van der Waals surface area contributed by atoms with Crippen LogP contribution in [-0.2, 0) is 22.9 Å². The maximum Gasteiger partial charge on any atom is 0.182 e. The summed E-state index contributed by atoms with van der Waals surface area (Å²) in [7, 11) is 4.91. The summed E-state index contributed by atoms with van der Waals surface area (Å²) in [4.78, 5) is 0. The lowest BCUT2D eigenvalue weighted by molar-refractivity contribution is -0.165. The lowest BCUT2D eigenvalue weighted by Gasteiger charge is -2.19. The number of aromatic nitrogens is 2. The first-order valence-corrected chi connectivity index (χ1v) is 4.89. The van der Waals surface area contributed by atoms with Crippen LogP contribution in [0.1, 0.15) is 12.1 Å². The number of aliphatic hydroxyl groups is 1. The maximum atomic E-state index is 9.72. The van der Waals surface area contributed by atoms with Gasteiger partial charge in [-0.2, -0.15) is 5.10 Å². The molecule has 15 heavy (non-hydrogen) atoms. The molecule has 5 heteroatoms. The van der Waals surface area contributed by atoms with E-state index in [0.29, 0.717) is 6.42 Å². The van der Waals surface area contributed by atoms with E-state index in [9.17, 15) is 5.11 Å². The summed E-state index contributed by atoms with van der Waals surface area (Å²) in [5.41, 5.74) is 1.08. The quantitative estimate of drug-likeness (QED) is 0.693. The normalized spacial score (nSPS) is 13.4. The molecular formula is C10H18N2O3. The standard InChI is InChI=1S/C10H18N2O3/c1-12-8(6-7-11-12)4-5-9(13)10(14-2)15-3/h6-7,9-10,13H,4-5H2,1-3H3. The maximum absolute atomic E-state index is 9.72. The molecule has 1 rings (SSSR count). The molecular weight excluding hydrogens is 196 g/mol. The number of aryl methyl sites for hydroxylation is 2. The molecule has 1 unspecified atom stereocenters. The lowest BCUT2D eigenvalue weighted by atomic mass is 10.1. The fourth-order valence-corrected chi connectivity index (χ4v) is 1.49.